The second-order valence-electron chi connectivity index (χ2n) is 4.41. The van der Waals surface area contributed by atoms with Crippen LogP contribution in [0.5, 0.6) is 0 Å². The lowest BCUT2D eigenvalue weighted by molar-refractivity contribution is -0.137. The molecule has 0 saturated heterocycles. The van der Waals surface area contributed by atoms with E-state index in [-0.39, 0.29) is 24.6 Å². The Bertz CT molecular complexity index is 624. The summed E-state index contributed by atoms with van der Waals surface area (Å²) in [6.45, 7) is 2.37. The van der Waals surface area contributed by atoms with Crippen LogP contribution in [-0.4, -0.2) is 50.0 Å². The summed E-state index contributed by atoms with van der Waals surface area (Å²) in [7, 11) is 0. The van der Waals surface area contributed by atoms with Gasteiger partial charge in [0.25, 0.3) is 5.91 Å². The topological polar surface area (TPSA) is 88.3 Å². The molecule has 7 nitrogen and oxygen atoms in total. The summed E-state index contributed by atoms with van der Waals surface area (Å²) in [5.41, 5.74) is 1.00. The third kappa shape index (κ3) is 3.65. The van der Waals surface area contributed by atoms with E-state index in [1.807, 2.05) is 30.3 Å². The second-order valence-corrected chi connectivity index (χ2v) is 4.41. The number of hydrogen-bond acceptors (Lipinski definition) is 4. The van der Waals surface area contributed by atoms with Crippen molar-refractivity contribution in [3.8, 4) is 5.69 Å². The molecule has 0 saturated carbocycles. The van der Waals surface area contributed by atoms with E-state index in [1.54, 1.807) is 13.1 Å². The standard InChI is InChI=1S/C14H16N4O3/c1-2-17(9-8-13(19)20)14(21)12-10-18(16-15-12)11-6-4-3-5-7-11/h3-7,10H,2,8-9H2,1H3,(H,19,20). The molecule has 1 aromatic heterocycles. The van der Waals surface area contributed by atoms with Gasteiger partial charge in [-0.05, 0) is 19.1 Å². The summed E-state index contributed by atoms with van der Waals surface area (Å²) in [6, 6.07) is 9.32. The fourth-order valence-corrected chi connectivity index (χ4v) is 1.86. The first-order chi connectivity index (χ1) is 10.1. The number of carbonyl (C=O) groups is 2. The van der Waals surface area contributed by atoms with Gasteiger partial charge in [-0.15, -0.1) is 5.10 Å². The molecule has 0 aliphatic heterocycles. The molecule has 0 unspecified atom stereocenters. The lowest BCUT2D eigenvalue weighted by Crippen LogP contribution is -2.33. The Morgan fingerprint density at radius 1 is 1.29 bits per heavy atom. The fraction of sp³-hybridized carbons (Fsp3) is 0.286. The molecule has 0 spiro atoms. The molecule has 2 aromatic rings. The first-order valence-electron chi connectivity index (χ1n) is 6.60. The van der Waals surface area contributed by atoms with Crippen molar-refractivity contribution >= 4 is 11.9 Å². The number of benzene rings is 1. The van der Waals surface area contributed by atoms with Crippen LogP contribution in [0.4, 0.5) is 0 Å². The molecule has 7 heteroatoms. The lowest BCUT2D eigenvalue weighted by Gasteiger charge is -2.18. The minimum atomic E-state index is -0.936. The number of carboxylic acid groups (broad SMARTS) is 1. The van der Waals surface area contributed by atoms with Gasteiger partial charge in [-0.2, -0.15) is 0 Å². The van der Waals surface area contributed by atoms with Gasteiger partial charge in [0.1, 0.15) is 0 Å². The minimum absolute atomic E-state index is 0.0909. The molecule has 2 rings (SSSR count). The van der Waals surface area contributed by atoms with Gasteiger partial charge in [0.2, 0.25) is 0 Å². The molecule has 1 amide bonds. The van der Waals surface area contributed by atoms with Crippen LogP contribution in [0, 0.1) is 0 Å². The van der Waals surface area contributed by atoms with Crippen LogP contribution >= 0.6 is 0 Å². The van der Waals surface area contributed by atoms with E-state index in [4.69, 9.17) is 5.11 Å². The van der Waals surface area contributed by atoms with Crippen LogP contribution in [0.1, 0.15) is 23.8 Å². The maximum Gasteiger partial charge on any atom is 0.305 e. The number of aromatic nitrogens is 3. The first-order valence-corrected chi connectivity index (χ1v) is 6.60. The average Bonchev–Trinajstić information content (AvgIpc) is 2.98. The average molecular weight is 288 g/mol. The molecule has 0 bridgehead atoms. The predicted molar refractivity (Wildman–Crippen MR) is 75.2 cm³/mol. The maximum absolute atomic E-state index is 12.3. The van der Waals surface area contributed by atoms with Crippen molar-refractivity contribution < 1.29 is 14.7 Å². The second kappa shape index (κ2) is 6.65. The molecule has 0 fully saturated rings. The Morgan fingerprint density at radius 3 is 2.62 bits per heavy atom. The maximum atomic E-state index is 12.3. The van der Waals surface area contributed by atoms with Crippen molar-refractivity contribution in [1.29, 1.82) is 0 Å². The molecule has 21 heavy (non-hydrogen) atoms. The van der Waals surface area contributed by atoms with Crippen molar-refractivity contribution in [2.45, 2.75) is 13.3 Å². The Balaban J connectivity index is 2.12. The normalized spacial score (nSPS) is 10.3. The highest BCUT2D eigenvalue weighted by Gasteiger charge is 2.18. The van der Waals surface area contributed by atoms with Crippen LogP contribution in [-0.2, 0) is 4.79 Å². The van der Waals surface area contributed by atoms with Crippen molar-refractivity contribution in [3.63, 3.8) is 0 Å². The Kier molecular flexibility index (Phi) is 4.65. The van der Waals surface area contributed by atoms with Crippen molar-refractivity contribution in [1.82, 2.24) is 19.9 Å². The summed E-state index contributed by atoms with van der Waals surface area (Å²) >= 11 is 0. The molecular weight excluding hydrogens is 272 g/mol. The largest absolute Gasteiger partial charge is 0.481 e. The number of rotatable bonds is 6. The quantitative estimate of drug-likeness (QED) is 0.863. The summed E-state index contributed by atoms with van der Waals surface area (Å²) in [5.74, 6) is -1.25. The SMILES string of the molecule is CCN(CCC(=O)O)C(=O)c1cn(-c2ccccc2)nn1. The number of nitrogens with zero attached hydrogens (tertiary/aromatic N) is 4. The zero-order valence-corrected chi connectivity index (χ0v) is 11.6. The molecule has 0 radical (unpaired) electrons. The Labute approximate surface area is 121 Å². The van der Waals surface area contributed by atoms with Crippen LogP contribution in [0.3, 0.4) is 0 Å². The van der Waals surface area contributed by atoms with Gasteiger partial charge in [0.15, 0.2) is 5.69 Å². The molecule has 1 N–H and O–H groups in total. The van der Waals surface area contributed by atoms with Gasteiger partial charge in [0.05, 0.1) is 18.3 Å². The van der Waals surface area contributed by atoms with E-state index >= 15 is 0 Å². The number of carbonyl (C=O) groups excluding carboxylic acids is 1. The van der Waals surface area contributed by atoms with Crippen molar-refractivity contribution in [2.24, 2.45) is 0 Å². The van der Waals surface area contributed by atoms with E-state index in [2.05, 4.69) is 10.3 Å². The van der Waals surface area contributed by atoms with Crippen LogP contribution in [0.25, 0.3) is 5.69 Å². The predicted octanol–water partition coefficient (Wildman–Crippen LogP) is 1.20. The van der Waals surface area contributed by atoms with Gasteiger partial charge in [-0.1, -0.05) is 23.4 Å². The number of para-hydroxylation sites is 1. The number of hydrogen-bond donors (Lipinski definition) is 1. The molecule has 1 heterocycles. The van der Waals surface area contributed by atoms with Gasteiger partial charge in [-0.25, -0.2) is 4.68 Å². The molecular formula is C14H16N4O3. The fourth-order valence-electron chi connectivity index (χ4n) is 1.86. The smallest absolute Gasteiger partial charge is 0.305 e. The molecule has 0 atom stereocenters. The minimum Gasteiger partial charge on any atom is -0.481 e. The zero-order valence-electron chi connectivity index (χ0n) is 11.6. The van der Waals surface area contributed by atoms with Crippen molar-refractivity contribution in [2.75, 3.05) is 13.1 Å². The van der Waals surface area contributed by atoms with E-state index in [0.29, 0.717) is 6.54 Å². The van der Waals surface area contributed by atoms with E-state index < -0.39 is 5.97 Å². The number of amides is 1. The summed E-state index contributed by atoms with van der Waals surface area (Å²) in [4.78, 5) is 24.3. The third-order valence-corrected chi connectivity index (χ3v) is 3.00. The van der Waals surface area contributed by atoms with Crippen LogP contribution in [0.15, 0.2) is 36.5 Å². The molecule has 1 aromatic carbocycles. The number of aliphatic carboxylic acids is 1. The van der Waals surface area contributed by atoms with Gasteiger partial charge in [-0.3, -0.25) is 9.59 Å². The van der Waals surface area contributed by atoms with Crippen LogP contribution < -0.4 is 0 Å². The van der Waals surface area contributed by atoms with Gasteiger partial charge >= 0.3 is 5.97 Å². The highest BCUT2D eigenvalue weighted by molar-refractivity contribution is 5.92. The van der Waals surface area contributed by atoms with Gasteiger partial charge < -0.3 is 10.0 Å². The highest BCUT2D eigenvalue weighted by atomic mass is 16.4. The van der Waals surface area contributed by atoms with Crippen LogP contribution in [0.2, 0.25) is 0 Å². The summed E-state index contributed by atoms with van der Waals surface area (Å²) in [5, 5.41) is 16.5. The molecule has 110 valence electrons. The Hall–Kier alpha value is -2.70. The zero-order chi connectivity index (χ0) is 15.2. The Morgan fingerprint density at radius 2 is 2.00 bits per heavy atom. The monoisotopic (exact) mass is 288 g/mol. The van der Waals surface area contributed by atoms with E-state index in [9.17, 15) is 9.59 Å². The highest BCUT2D eigenvalue weighted by Crippen LogP contribution is 2.08. The molecule has 0 aliphatic carbocycles. The molecule has 0 aliphatic rings. The first kappa shape index (κ1) is 14.7. The van der Waals surface area contributed by atoms with E-state index in [0.717, 1.165) is 5.69 Å². The van der Waals surface area contributed by atoms with Crippen molar-refractivity contribution in [3.05, 3.63) is 42.2 Å². The number of carboxylic acids is 1. The summed E-state index contributed by atoms with van der Waals surface area (Å²) < 4.78 is 1.51. The van der Waals surface area contributed by atoms with Gasteiger partial charge in [0, 0.05) is 13.1 Å². The third-order valence-electron chi connectivity index (χ3n) is 3.00. The lowest BCUT2D eigenvalue weighted by atomic mass is 10.3. The summed E-state index contributed by atoms with van der Waals surface area (Å²) in [6.07, 6.45) is 1.45. The van der Waals surface area contributed by atoms with E-state index in [1.165, 1.54) is 9.58 Å².